The molecular weight excluding hydrogens is 536 g/mol. The van der Waals surface area contributed by atoms with Gasteiger partial charge < -0.3 is 15.7 Å². The van der Waals surface area contributed by atoms with Crippen LogP contribution in [0.25, 0.3) is 33.2 Å². The van der Waals surface area contributed by atoms with Gasteiger partial charge in [-0.05, 0) is 93.5 Å². The summed E-state index contributed by atoms with van der Waals surface area (Å²) in [6, 6.07) is 14.5. The fourth-order valence-electron chi connectivity index (χ4n) is 6.67. The van der Waals surface area contributed by atoms with Gasteiger partial charge in [0, 0.05) is 40.7 Å². The van der Waals surface area contributed by atoms with E-state index in [1.165, 1.54) is 18.2 Å². The molecule has 2 aliphatic rings. The van der Waals surface area contributed by atoms with E-state index in [9.17, 15) is 19.6 Å². The van der Waals surface area contributed by atoms with Crippen molar-refractivity contribution >= 4 is 16.8 Å². The predicted octanol–water partition coefficient (Wildman–Crippen LogP) is 5.69. The second-order valence-electron chi connectivity index (χ2n) is 12.3. The van der Waals surface area contributed by atoms with Crippen LogP contribution in [0.3, 0.4) is 0 Å². The molecule has 3 N–H and O–H groups in total. The minimum atomic E-state index is -1.05. The lowest BCUT2D eigenvalue weighted by molar-refractivity contribution is 0.0572. The fraction of sp³-hybridized carbons (Fsp3) is 0.364. The van der Waals surface area contributed by atoms with Crippen molar-refractivity contribution in [1.29, 1.82) is 5.26 Å². The largest absolute Gasteiger partial charge is 0.389 e. The van der Waals surface area contributed by atoms with Crippen molar-refractivity contribution in [3.05, 3.63) is 77.0 Å². The van der Waals surface area contributed by atoms with E-state index in [4.69, 9.17) is 5.73 Å². The van der Waals surface area contributed by atoms with Crippen molar-refractivity contribution in [3.63, 3.8) is 0 Å². The Morgan fingerprint density at radius 1 is 1.05 bits per heavy atom. The quantitative estimate of drug-likeness (QED) is 0.321. The van der Waals surface area contributed by atoms with E-state index in [2.05, 4.69) is 5.10 Å². The first-order valence-electron chi connectivity index (χ1n) is 14.2. The Hall–Kier alpha value is -4.13. The summed E-state index contributed by atoms with van der Waals surface area (Å²) in [7, 11) is 0. The van der Waals surface area contributed by atoms with Gasteiger partial charge in [-0.25, -0.2) is 8.78 Å². The molecule has 2 fully saturated rings. The highest BCUT2D eigenvalue weighted by atomic mass is 19.1. The van der Waals surface area contributed by atoms with Crippen LogP contribution in [0.4, 0.5) is 8.78 Å². The average Bonchev–Trinajstić information content (AvgIpc) is 3.37. The summed E-state index contributed by atoms with van der Waals surface area (Å²) in [4.78, 5) is 15.8. The molecule has 1 aromatic heterocycles. The minimum absolute atomic E-state index is 0.0836. The van der Waals surface area contributed by atoms with E-state index in [1.54, 1.807) is 48.9 Å². The Bertz CT molecular complexity index is 1750. The van der Waals surface area contributed by atoms with E-state index in [0.29, 0.717) is 38.9 Å². The third-order valence-corrected chi connectivity index (χ3v) is 8.52. The molecule has 2 aliphatic heterocycles. The predicted molar refractivity (Wildman–Crippen MR) is 156 cm³/mol. The summed E-state index contributed by atoms with van der Waals surface area (Å²) < 4.78 is 32.3. The zero-order valence-corrected chi connectivity index (χ0v) is 23.9. The molecule has 1 amide bonds. The number of nitrogens with two attached hydrogens (primary N) is 1. The van der Waals surface area contributed by atoms with Crippen LogP contribution in [0, 0.1) is 29.9 Å². The normalized spacial score (nSPS) is 20.2. The first kappa shape index (κ1) is 28.0. The SMILES string of the molecule is Cc1nn(CC(C)(C)O)c2cc(F)c(-c3ccc(C(=O)N4C5CCC4CC(N)C5)cc3-c3ccc(C#N)c(F)c3)cc12. The van der Waals surface area contributed by atoms with Gasteiger partial charge in [0.1, 0.15) is 17.7 Å². The number of hydrogen-bond donors (Lipinski definition) is 2. The van der Waals surface area contributed by atoms with Gasteiger partial charge in [0.05, 0.1) is 28.9 Å². The van der Waals surface area contributed by atoms with E-state index < -0.39 is 17.2 Å². The number of piperidine rings is 1. The van der Waals surface area contributed by atoms with Gasteiger partial charge in [-0.2, -0.15) is 10.4 Å². The minimum Gasteiger partial charge on any atom is -0.389 e. The molecule has 4 aromatic rings. The van der Waals surface area contributed by atoms with Crippen LogP contribution >= 0.6 is 0 Å². The van der Waals surface area contributed by atoms with Crippen LogP contribution in [0.2, 0.25) is 0 Å². The number of halogens is 2. The van der Waals surface area contributed by atoms with Gasteiger partial charge in [0.2, 0.25) is 0 Å². The molecule has 216 valence electrons. The third kappa shape index (κ3) is 4.95. The van der Waals surface area contributed by atoms with E-state index >= 15 is 4.39 Å². The average molecular weight is 570 g/mol. The van der Waals surface area contributed by atoms with Crippen molar-refractivity contribution < 1.29 is 18.7 Å². The molecule has 2 atom stereocenters. The molecule has 7 nitrogen and oxygen atoms in total. The fourth-order valence-corrected chi connectivity index (χ4v) is 6.67. The van der Waals surface area contributed by atoms with Crippen molar-refractivity contribution in [2.75, 3.05) is 0 Å². The highest BCUT2D eigenvalue weighted by molar-refractivity contribution is 5.99. The Kier molecular flexibility index (Phi) is 6.87. The number of carbonyl (C=O) groups excluding carboxylic acids is 1. The summed E-state index contributed by atoms with van der Waals surface area (Å²) in [5.74, 6) is -1.33. The summed E-state index contributed by atoms with van der Waals surface area (Å²) in [6.45, 7) is 5.33. The molecule has 0 aliphatic carbocycles. The van der Waals surface area contributed by atoms with Crippen LogP contribution in [-0.4, -0.2) is 49.4 Å². The first-order chi connectivity index (χ1) is 19.9. The van der Waals surface area contributed by atoms with Gasteiger partial charge >= 0.3 is 0 Å². The molecule has 3 aromatic carbocycles. The first-order valence-corrected chi connectivity index (χ1v) is 14.2. The second-order valence-corrected chi connectivity index (χ2v) is 12.3. The Labute approximate surface area is 243 Å². The molecule has 9 heteroatoms. The number of nitriles is 1. The molecule has 42 heavy (non-hydrogen) atoms. The number of nitrogens with zero attached hydrogens (tertiary/aromatic N) is 4. The highest BCUT2D eigenvalue weighted by Gasteiger charge is 2.42. The van der Waals surface area contributed by atoms with Crippen LogP contribution in [0.15, 0.2) is 48.5 Å². The van der Waals surface area contributed by atoms with Gasteiger partial charge in [-0.15, -0.1) is 0 Å². The number of aryl methyl sites for hydroxylation is 1. The number of carbonyl (C=O) groups is 1. The highest BCUT2D eigenvalue weighted by Crippen LogP contribution is 2.40. The standard InChI is InChI=1S/C33H33F2N5O2/c1-18-26-14-28(30(35)15-31(26)39(38-18)17-33(2,3)42)25-9-6-20(10-27(25)19-4-5-21(16-36)29(34)11-19)32(41)40-23-7-8-24(40)13-22(37)12-23/h4-6,9-11,14-15,22-24,42H,7-8,12-13,17,37H2,1-3H3. The number of aliphatic hydroxyl groups is 1. The van der Waals surface area contributed by atoms with Gasteiger partial charge in [0.15, 0.2) is 0 Å². The van der Waals surface area contributed by atoms with Crippen molar-refractivity contribution in [3.8, 4) is 28.3 Å². The number of benzene rings is 3. The van der Waals surface area contributed by atoms with Crippen LogP contribution < -0.4 is 5.73 Å². The summed E-state index contributed by atoms with van der Waals surface area (Å²) >= 11 is 0. The topological polar surface area (TPSA) is 108 Å². The van der Waals surface area contributed by atoms with E-state index in [1.807, 2.05) is 17.9 Å². The summed E-state index contributed by atoms with van der Waals surface area (Å²) in [5, 5.41) is 24.8. The lowest BCUT2D eigenvalue weighted by Crippen LogP contribution is -2.50. The maximum atomic E-state index is 15.9. The zero-order valence-electron chi connectivity index (χ0n) is 23.9. The van der Waals surface area contributed by atoms with Crippen LogP contribution in [0.1, 0.15) is 61.1 Å². The third-order valence-electron chi connectivity index (χ3n) is 8.52. The molecule has 2 unspecified atom stereocenters. The second kappa shape index (κ2) is 10.3. The Morgan fingerprint density at radius 2 is 1.76 bits per heavy atom. The molecule has 2 bridgehead atoms. The molecule has 6 rings (SSSR count). The lowest BCUT2D eigenvalue weighted by atomic mass is 9.90. The Morgan fingerprint density at radius 3 is 2.40 bits per heavy atom. The number of hydrogen-bond acceptors (Lipinski definition) is 5. The molecular formula is C33H33F2N5O2. The maximum absolute atomic E-state index is 15.9. The van der Waals surface area contributed by atoms with Crippen molar-refractivity contribution in [2.45, 2.75) is 76.7 Å². The maximum Gasteiger partial charge on any atom is 0.254 e. The van der Waals surface area contributed by atoms with Gasteiger partial charge in [-0.1, -0.05) is 12.1 Å². The molecule has 3 heterocycles. The van der Waals surface area contributed by atoms with Crippen molar-refractivity contribution in [2.24, 2.45) is 5.73 Å². The molecule has 2 saturated heterocycles. The summed E-state index contributed by atoms with van der Waals surface area (Å²) in [5.41, 5.74) is 8.39. The monoisotopic (exact) mass is 569 g/mol. The number of aromatic nitrogens is 2. The smallest absolute Gasteiger partial charge is 0.254 e. The molecule has 0 spiro atoms. The Balaban J connectivity index is 1.49. The van der Waals surface area contributed by atoms with Gasteiger partial charge in [0.25, 0.3) is 5.91 Å². The van der Waals surface area contributed by atoms with E-state index in [0.717, 1.165) is 25.7 Å². The number of rotatable bonds is 5. The van der Waals surface area contributed by atoms with Crippen molar-refractivity contribution in [1.82, 2.24) is 14.7 Å². The molecule has 0 saturated carbocycles. The zero-order chi connectivity index (χ0) is 29.9. The summed E-state index contributed by atoms with van der Waals surface area (Å²) in [6.07, 6.45) is 3.36. The van der Waals surface area contributed by atoms with Crippen LogP contribution in [0.5, 0.6) is 0 Å². The molecule has 0 radical (unpaired) electrons. The number of fused-ring (bicyclic) bond motifs is 3. The van der Waals surface area contributed by atoms with Crippen LogP contribution in [-0.2, 0) is 6.54 Å². The van der Waals surface area contributed by atoms with E-state index in [-0.39, 0.29) is 41.7 Å². The number of amides is 1. The lowest BCUT2D eigenvalue weighted by Gasteiger charge is -2.38. The van der Waals surface area contributed by atoms with Gasteiger partial charge in [-0.3, -0.25) is 9.48 Å².